The average molecular weight is 268 g/mol. The summed E-state index contributed by atoms with van der Waals surface area (Å²) in [5.74, 6) is 0.0558. The molecule has 0 spiro atoms. The second kappa shape index (κ2) is 4.78. The Kier molecular flexibility index (Phi) is 3.50. The number of carbonyl (C=O) groups is 1. The molecule has 1 fully saturated rings. The van der Waals surface area contributed by atoms with Gasteiger partial charge >= 0.3 is 0 Å². The van der Waals surface area contributed by atoms with Gasteiger partial charge in [0.15, 0.2) is 0 Å². The third-order valence-corrected chi connectivity index (χ3v) is 3.80. The van der Waals surface area contributed by atoms with Crippen molar-refractivity contribution in [2.75, 3.05) is 18.8 Å². The van der Waals surface area contributed by atoms with Gasteiger partial charge in [0.05, 0.1) is 5.54 Å². The number of benzene rings is 1. The Morgan fingerprint density at radius 3 is 2.89 bits per heavy atom. The van der Waals surface area contributed by atoms with Crippen molar-refractivity contribution >= 4 is 23.2 Å². The van der Waals surface area contributed by atoms with Gasteiger partial charge < -0.3 is 11.1 Å². The summed E-state index contributed by atoms with van der Waals surface area (Å²) in [6.07, 6.45) is 0. The van der Waals surface area contributed by atoms with Gasteiger partial charge in [-0.1, -0.05) is 17.7 Å². The smallest absolute Gasteiger partial charge is 0.240 e. The third-order valence-electron chi connectivity index (χ3n) is 3.45. The van der Waals surface area contributed by atoms with Crippen LogP contribution in [0.3, 0.4) is 0 Å². The van der Waals surface area contributed by atoms with Crippen molar-refractivity contribution in [1.82, 2.24) is 10.2 Å². The largest absolute Gasteiger partial charge is 0.399 e. The van der Waals surface area contributed by atoms with Crippen LogP contribution in [0.25, 0.3) is 0 Å². The number of nitrogens with zero attached hydrogens (tertiary/aromatic N) is 1. The number of nitrogens with one attached hydrogen (secondary N) is 1. The molecular formula is C13H18ClN3O. The average Bonchev–Trinajstić information content (AvgIpc) is 2.28. The molecule has 1 aliphatic rings. The van der Waals surface area contributed by atoms with Gasteiger partial charge in [0.2, 0.25) is 5.91 Å². The van der Waals surface area contributed by atoms with Crippen molar-refractivity contribution in [1.29, 1.82) is 0 Å². The Bertz CT molecular complexity index is 473. The molecule has 1 saturated heterocycles. The van der Waals surface area contributed by atoms with Gasteiger partial charge in [-0.25, -0.2) is 0 Å². The zero-order valence-corrected chi connectivity index (χ0v) is 11.4. The lowest BCUT2D eigenvalue weighted by molar-refractivity contribution is -0.135. The Morgan fingerprint density at radius 1 is 1.50 bits per heavy atom. The lowest BCUT2D eigenvalue weighted by Gasteiger charge is -2.41. The highest BCUT2D eigenvalue weighted by molar-refractivity contribution is 6.31. The molecule has 1 aromatic rings. The number of rotatable bonds is 2. The zero-order chi connectivity index (χ0) is 13.3. The number of hydrogen-bond donors (Lipinski definition) is 2. The molecule has 98 valence electrons. The maximum absolute atomic E-state index is 11.8. The first-order valence-corrected chi connectivity index (χ1v) is 6.36. The van der Waals surface area contributed by atoms with E-state index >= 15 is 0 Å². The number of carbonyl (C=O) groups excluding carboxylic acids is 1. The van der Waals surface area contributed by atoms with Crippen LogP contribution in [0.2, 0.25) is 5.02 Å². The minimum absolute atomic E-state index is 0.0558. The van der Waals surface area contributed by atoms with E-state index in [-0.39, 0.29) is 5.91 Å². The van der Waals surface area contributed by atoms with Crippen LogP contribution in [-0.2, 0) is 11.3 Å². The monoisotopic (exact) mass is 267 g/mol. The van der Waals surface area contributed by atoms with Crippen LogP contribution in [0.5, 0.6) is 0 Å². The Hall–Kier alpha value is -1.26. The molecule has 2 rings (SSSR count). The van der Waals surface area contributed by atoms with Gasteiger partial charge in [0.1, 0.15) is 0 Å². The van der Waals surface area contributed by atoms with Crippen LogP contribution in [0.4, 0.5) is 5.69 Å². The first kappa shape index (κ1) is 13.2. The number of halogens is 1. The third kappa shape index (κ3) is 2.44. The quantitative estimate of drug-likeness (QED) is 0.801. The molecule has 0 saturated carbocycles. The number of anilines is 1. The summed E-state index contributed by atoms with van der Waals surface area (Å²) in [4.78, 5) is 14.0. The molecule has 5 heteroatoms. The molecule has 1 heterocycles. The summed E-state index contributed by atoms with van der Waals surface area (Å²) in [5.41, 5.74) is 6.81. The molecule has 0 radical (unpaired) electrons. The highest BCUT2D eigenvalue weighted by Gasteiger charge is 2.37. The van der Waals surface area contributed by atoms with E-state index in [4.69, 9.17) is 17.3 Å². The molecule has 4 nitrogen and oxygen atoms in total. The van der Waals surface area contributed by atoms with Crippen LogP contribution in [0.1, 0.15) is 19.4 Å². The molecule has 3 N–H and O–H groups in total. The predicted molar refractivity (Wildman–Crippen MR) is 73.4 cm³/mol. The van der Waals surface area contributed by atoms with Gasteiger partial charge in [0, 0.05) is 30.3 Å². The van der Waals surface area contributed by atoms with Crippen LogP contribution in [-0.4, -0.2) is 29.4 Å². The summed E-state index contributed by atoms with van der Waals surface area (Å²) in [6, 6.07) is 5.49. The topological polar surface area (TPSA) is 58.4 Å². The number of amides is 1. The molecule has 1 aliphatic heterocycles. The standard InChI is InChI=1S/C13H18ClN3O/c1-13(2)12(18)16-5-6-17(13)8-9-3-4-10(15)7-11(9)14/h3-4,7H,5-6,8,15H2,1-2H3,(H,16,18). The fraction of sp³-hybridized carbons (Fsp3) is 0.462. The highest BCUT2D eigenvalue weighted by Crippen LogP contribution is 2.25. The molecule has 0 bridgehead atoms. The summed E-state index contributed by atoms with van der Waals surface area (Å²) >= 11 is 6.17. The summed E-state index contributed by atoms with van der Waals surface area (Å²) in [5, 5.41) is 3.53. The number of nitrogen functional groups attached to an aromatic ring is 1. The van der Waals surface area contributed by atoms with Crippen LogP contribution in [0.15, 0.2) is 18.2 Å². The molecule has 18 heavy (non-hydrogen) atoms. The Labute approximate surface area is 112 Å². The van der Waals surface area contributed by atoms with Crippen LogP contribution >= 0.6 is 11.6 Å². The van der Waals surface area contributed by atoms with E-state index in [9.17, 15) is 4.79 Å². The molecular weight excluding hydrogens is 250 g/mol. The van der Waals surface area contributed by atoms with Crippen LogP contribution < -0.4 is 11.1 Å². The lowest BCUT2D eigenvalue weighted by atomic mass is 9.98. The van der Waals surface area contributed by atoms with Crippen molar-refractivity contribution in [3.05, 3.63) is 28.8 Å². The minimum Gasteiger partial charge on any atom is -0.399 e. The van der Waals surface area contributed by atoms with Gasteiger partial charge in [-0.3, -0.25) is 9.69 Å². The number of piperazine rings is 1. The SMILES string of the molecule is CC1(C)C(=O)NCCN1Cc1ccc(N)cc1Cl. The van der Waals surface area contributed by atoms with E-state index < -0.39 is 5.54 Å². The Balaban J connectivity index is 2.20. The first-order valence-electron chi connectivity index (χ1n) is 5.98. The second-order valence-electron chi connectivity index (χ2n) is 5.09. The normalized spacial score (nSPS) is 19.6. The van der Waals surface area contributed by atoms with Gasteiger partial charge in [-0.2, -0.15) is 0 Å². The van der Waals surface area contributed by atoms with Gasteiger partial charge in [0.25, 0.3) is 0 Å². The summed E-state index contributed by atoms with van der Waals surface area (Å²) in [6.45, 7) is 5.99. The maximum Gasteiger partial charge on any atom is 0.240 e. The van der Waals surface area contributed by atoms with Gasteiger partial charge in [-0.15, -0.1) is 0 Å². The van der Waals surface area contributed by atoms with Crippen molar-refractivity contribution in [2.45, 2.75) is 25.9 Å². The predicted octanol–water partition coefficient (Wildman–Crippen LogP) is 1.63. The van der Waals surface area contributed by atoms with E-state index in [1.807, 2.05) is 26.0 Å². The summed E-state index contributed by atoms with van der Waals surface area (Å²) < 4.78 is 0. The molecule has 0 aliphatic carbocycles. The summed E-state index contributed by atoms with van der Waals surface area (Å²) in [7, 11) is 0. The minimum atomic E-state index is -0.511. The first-order chi connectivity index (χ1) is 8.41. The molecule has 0 aromatic heterocycles. The van der Waals surface area contributed by atoms with E-state index in [1.54, 1.807) is 6.07 Å². The zero-order valence-electron chi connectivity index (χ0n) is 10.7. The fourth-order valence-corrected chi connectivity index (χ4v) is 2.37. The molecule has 1 amide bonds. The van der Waals surface area contributed by atoms with E-state index in [0.717, 1.165) is 12.1 Å². The molecule has 0 unspecified atom stereocenters. The number of nitrogens with two attached hydrogens (primary N) is 1. The van der Waals surface area contributed by atoms with E-state index in [2.05, 4.69) is 10.2 Å². The highest BCUT2D eigenvalue weighted by atomic mass is 35.5. The maximum atomic E-state index is 11.8. The Morgan fingerprint density at radius 2 is 2.22 bits per heavy atom. The van der Waals surface area contributed by atoms with Crippen molar-refractivity contribution in [3.63, 3.8) is 0 Å². The second-order valence-corrected chi connectivity index (χ2v) is 5.49. The number of hydrogen-bond acceptors (Lipinski definition) is 3. The lowest BCUT2D eigenvalue weighted by Crippen LogP contribution is -2.61. The van der Waals surface area contributed by atoms with Crippen molar-refractivity contribution < 1.29 is 4.79 Å². The van der Waals surface area contributed by atoms with Crippen molar-refractivity contribution in [3.8, 4) is 0 Å². The fourth-order valence-electron chi connectivity index (χ4n) is 2.12. The van der Waals surface area contributed by atoms with E-state index in [1.165, 1.54) is 0 Å². The van der Waals surface area contributed by atoms with Gasteiger partial charge in [-0.05, 0) is 31.5 Å². The molecule has 1 aromatic carbocycles. The van der Waals surface area contributed by atoms with E-state index in [0.29, 0.717) is 23.8 Å². The van der Waals surface area contributed by atoms with Crippen LogP contribution in [0, 0.1) is 0 Å². The van der Waals surface area contributed by atoms with Crippen molar-refractivity contribution in [2.24, 2.45) is 0 Å². The molecule has 0 atom stereocenters.